The van der Waals surface area contributed by atoms with Crippen molar-refractivity contribution in [3.63, 3.8) is 0 Å². The molecule has 374 valence electrons. The van der Waals surface area contributed by atoms with E-state index >= 15 is 14.4 Å². The van der Waals surface area contributed by atoms with Gasteiger partial charge in [-0.2, -0.15) is 0 Å². The van der Waals surface area contributed by atoms with Crippen LogP contribution in [-0.4, -0.2) is 59.8 Å². The maximum absolute atomic E-state index is 15.6. The predicted molar refractivity (Wildman–Crippen MR) is 293 cm³/mol. The van der Waals surface area contributed by atoms with Gasteiger partial charge in [-0.15, -0.1) is 11.3 Å². The third-order valence-electron chi connectivity index (χ3n) is 14.7. The number of Topliss-reactive ketones (excluding diaryl/α,β-unsaturated/α-hetero) is 1. The van der Waals surface area contributed by atoms with Gasteiger partial charge in [0.05, 0.1) is 36.7 Å². The second kappa shape index (κ2) is 20.7. The number of methoxy groups -OCH3 is 1. The molecule has 2 atom stereocenters. The van der Waals surface area contributed by atoms with Crippen LogP contribution < -0.4 is 36.7 Å². The summed E-state index contributed by atoms with van der Waals surface area (Å²) in [7, 11) is -5.45. The van der Waals surface area contributed by atoms with Gasteiger partial charge in [-0.3, -0.25) is 14.2 Å². The fourth-order valence-corrected chi connectivity index (χ4v) is 19.5. The molecule has 3 aromatic heterocycles. The van der Waals surface area contributed by atoms with Crippen molar-refractivity contribution in [3.8, 4) is 16.5 Å². The van der Waals surface area contributed by atoms with Crippen molar-refractivity contribution in [2.24, 2.45) is 5.92 Å². The lowest BCUT2D eigenvalue weighted by molar-refractivity contribution is -0.127. The highest BCUT2D eigenvalue weighted by Crippen LogP contribution is 2.44. The molecule has 0 unspecified atom stereocenters. The van der Waals surface area contributed by atoms with E-state index in [0.29, 0.717) is 38.9 Å². The summed E-state index contributed by atoms with van der Waals surface area (Å²) in [6.07, 6.45) is 2.66. The summed E-state index contributed by atoms with van der Waals surface area (Å²) in [5.41, 5.74) is -1.76. The van der Waals surface area contributed by atoms with E-state index in [1.165, 1.54) is 23.8 Å². The molecule has 11 nitrogen and oxygen atoms in total. The average Bonchev–Trinajstić information content (AvgIpc) is 4.04. The van der Waals surface area contributed by atoms with Crippen molar-refractivity contribution in [1.29, 1.82) is 0 Å². The maximum Gasteiger partial charge on any atom is 0.333 e. The van der Waals surface area contributed by atoms with Gasteiger partial charge in [-0.25, -0.2) is 14.3 Å². The van der Waals surface area contributed by atoms with Crippen LogP contribution in [0.5, 0.6) is 5.75 Å². The van der Waals surface area contributed by atoms with Crippen molar-refractivity contribution in [3.05, 3.63) is 190 Å². The highest BCUT2D eigenvalue weighted by molar-refractivity contribution is 7.22. The zero-order valence-corrected chi connectivity index (χ0v) is 45.4. The minimum Gasteiger partial charge on any atom is -0.496 e. The van der Waals surface area contributed by atoms with E-state index in [0.717, 1.165) is 25.3 Å². The highest BCUT2D eigenvalue weighted by Gasteiger charge is 2.53. The number of carbonyl (C=O) groups excluding carboxylic acids is 1. The molecule has 2 N–H and O–H groups in total. The van der Waals surface area contributed by atoms with E-state index in [9.17, 15) is 9.59 Å². The van der Waals surface area contributed by atoms with Gasteiger partial charge in [0, 0.05) is 12.0 Å². The van der Waals surface area contributed by atoms with E-state index in [1.54, 1.807) is 32.4 Å². The lowest BCUT2D eigenvalue weighted by Gasteiger charge is -2.42. The number of thiophene rings is 1. The Bertz CT molecular complexity index is 3180. The minimum atomic E-state index is -3.68. The first-order chi connectivity index (χ1) is 34.3. The number of nitrogens with zero attached hydrogens (tertiary/aromatic N) is 3. The summed E-state index contributed by atoms with van der Waals surface area (Å²) in [5.74, 6) is 0.380. The quantitative estimate of drug-likeness (QED) is 0.0716. The molecule has 14 heteroatoms. The van der Waals surface area contributed by atoms with E-state index in [-0.39, 0.29) is 36.7 Å². The van der Waals surface area contributed by atoms with Gasteiger partial charge in [0.1, 0.15) is 28.5 Å². The first kappa shape index (κ1) is 52.1. The first-order valence-electron chi connectivity index (χ1n) is 24.4. The highest BCUT2D eigenvalue weighted by atomic mass is 32.1. The molecule has 0 aliphatic carbocycles. The number of para-hydroxylation sites is 1. The Labute approximate surface area is 427 Å². The number of rotatable bonds is 20. The molecule has 72 heavy (non-hydrogen) atoms. The molecule has 0 bridgehead atoms. The number of oxazole rings is 1. The Morgan fingerprint density at radius 2 is 1.22 bits per heavy atom. The smallest absolute Gasteiger partial charge is 0.333 e. The molecule has 8 rings (SSSR count). The second-order valence-corrected chi connectivity index (χ2v) is 29.6. The maximum atomic E-state index is 15.6. The van der Waals surface area contributed by atoms with Crippen LogP contribution in [0.2, 0.25) is 10.1 Å². The van der Waals surface area contributed by atoms with Gasteiger partial charge < -0.3 is 23.5 Å². The van der Waals surface area contributed by atoms with Crippen molar-refractivity contribution in [2.75, 3.05) is 13.7 Å². The zero-order valence-electron chi connectivity index (χ0n) is 42.6. The largest absolute Gasteiger partial charge is 0.496 e. The van der Waals surface area contributed by atoms with E-state index < -0.39 is 49.6 Å². The van der Waals surface area contributed by atoms with Crippen LogP contribution >= 0.6 is 11.3 Å². The van der Waals surface area contributed by atoms with Crippen molar-refractivity contribution < 1.29 is 28.3 Å². The normalized spacial score (nSPS) is 13.5. The summed E-state index contributed by atoms with van der Waals surface area (Å²) in [5, 5.41) is 2.01. The summed E-state index contributed by atoms with van der Waals surface area (Å²) in [6, 6.07) is 46.3. The number of benzene rings is 5. The topological polar surface area (TPSA) is 146 Å². The Morgan fingerprint density at radius 3 is 1.71 bits per heavy atom. The lowest BCUT2D eigenvalue weighted by Crippen LogP contribution is -2.66. The van der Waals surface area contributed by atoms with Crippen LogP contribution in [0.1, 0.15) is 78.5 Å². The summed E-state index contributed by atoms with van der Waals surface area (Å²) in [6.45, 7) is 15.4. The van der Waals surface area contributed by atoms with E-state index in [4.69, 9.17) is 13.9 Å². The van der Waals surface area contributed by atoms with Crippen molar-refractivity contribution >= 4 is 64.7 Å². The molecular weight excluding hydrogens is 955 g/mol. The van der Waals surface area contributed by atoms with Gasteiger partial charge in [0.25, 0.3) is 22.2 Å². The number of aromatic nitrogens is 3. The van der Waals surface area contributed by atoms with Crippen LogP contribution in [0.15, 0.2) is 172 Å². The number of aryl methyl sites for hydroxylation is 1. The zero-order chi connectivity index (χ0) is 51.6. The Hall–Kier alpha value is -6.27. The van der Waals surface area contributed by atoms with Crippen LogP contribution in [0.25, 0.3) is 21.0 Å². The summed E-state index contributed by atoms with van der Waals surface area (Å²) in [4.78, 5) is 77.4. The molecule has 0 aliphatic rings. The van der Waals surface area contributed by atoms with Crippen molar-refractivity contribution in [1.82, 2.24) is 14.1 Å². The molecule has 5 aromatic carbocycles. The van der Waals surface area contributed by atoms with E-state index in [2.05, 4.69) is 25.8 Å². The SMILES string of the molecule is COc1ccccc1[C@H](Cn1c(=O)n(C(C)(C)C(=O)CC(C)(C)[Si](O)(c2ccccc2)c2ccccc2)c(=O)c2c(C)c(-c3ncco3)sc21)OC[C@@H](C)CC(C)(C)[Si](O)(c1ccccc1)c1ccccc1. The molecule has 3 heterocycles. The van der Waals surface area contributed by atoms with Gasteiger partial charge in [-0.1, -0.05) is 174 Å². The third kappa shape index (κ3) is 9.47. The van der Waals surface area contributed by atoms with Crippen LogP contribution in [0.4, 0.5) is 0 Å². The first-order valence-corrected chi connectivity index (χ1v) is 29.1. The number of fused-ring (bicyclic) bond motifs is 1. The molecule has 0 radical (unpaired) electrons. The Morgan fingerprint density at radius 1 is 0.736 bits per heavy atom. The summed E-state index contributed by atoms with van der Waals surface area (Å²) >= 11 is 1.22. The second-order valence-electron chi connectivity index (χ2n) is 20.8. The van der Waals surface area contributed by atoms with Crippen molar-refractivity contribution in [2.45, 2.75) is 96.5 Å². The molecule has 0 aliphatic heterocycles. The fourth-order valence-electron chi connectivity index (χ4n) is 10.7. The predicted octanol–water partition coefficient (Wildman–Crippen LogP) is 8.74. The average molecular weight is 1020 g/mol. The van der Waals surface area contributed by atoms with Gasteiger partial charge in [-0.05, 0) is 75.6 Å². The van der Waals surface area contributed by atoms with Gasteiger partial charge >= 0.3 is 5.69 Å². The van der Waals surface area contributed by atoms with Crippen LogP contribution in [0.3, 0.4) is 0 Å². The number of ether oxygens (including phenoxy) is 2. The molecule has 0 spiro atoms. The van der Waals surface area contributed by atoms with Gasteiger partial charge in [0.2, 0.25) is 5.89 Å². The van der Waals surface area contributed by atoms with Gasteiger partial charge in [0.15, 0.2) is 5.78 Å². The molecular formula is C58H65N3O8SSi2. The molecule has 0 amide bonds. The monoisotopic (exact) mass is 1020 g/mol. The number of hydrogen-bond acceptors (Lipinski definition) is 10. The molecule has 0 saturated carbocycles. The Balaban J connectivity index is 1.21. The molecule has 0 fully saturated rings. The minimum absolute atomic E-state index is 0.0613. The fraction of sp³-hybridized carbons (Fsp3) is 0.310. The number of hydrogen-bond donors (Lipinski definition) is 2. The van der Waals surface area contributed by atoms with E-state index in [1.807, 2.05) is 159 Å². The summed E-state index contributed by atoms with van der Waals surface area (Å²) < 4.78 is 21.3. The number of ketones is 1. The molecule has 8 aromatic rings. The van der Waals surface area contributed by atoms with Crippen LogP contribution in [0, 0.1) is 12.8 Å². The lowest BCUT2D eigenvalue weighted by atomic mass is 9.91. The standard InChI is InChI=1S/C58H65N3O8SSi2/c1-40(36-56(3,4)71(65,42-24-14-10-15-25-42)43-26-16-11-17-27-43)39-69-48(46-32-22-23-33-47(46)67-9)38-60-54-50(41(2)51(70-54)52-59-34-35-68-52)53(63)61(55(60)64)58(7,8)49(62)37-57(5,6)72(66,44-28-18-12-19-29-44)45-30-20-13-21-31-45/h10-35,40,48,65-66H,36-39H2,1-9H3/t40-,48-/m0/s1. The molecule has 0 saturated heterocycles. The Kier molecular flexibility index (Phi) is 15.0. The number of carbonyl (C=O) groups is 1. The van der Waals surface area contributed by atoms with Crippen LogP contribution in [-0.2, 0) is 21.6 Å². The third-order valence-corrected chi connectivity index (χ3v) is 25.0.